The van der Waals surface area contributed by atoms with Crippen molar-refractivity contribution in [3.8, 4) is 0 Å². The molecule has 0 radical (unpaired) electrons. The lowest BCUT2D eigenvalue weighted by Gasteiger charge is -2.24. The van der Waals surface area contributed by atoms with Crippen LogP contribution in [0.2, 0.25) is 0 Å². The molecule has 0 spiro atoms. The molecule has 0 saturated carbocycles. The highest BCUT2D eigenvalue weighted by Gasteiger charge is 2.23. The summed E-state index contributed by atoms with van der Waals surface area (Å²) in [7, 11) is 0. The second-order valence-corrected chi connectivity index (χ2v) is 8.35. The molecule has 25 heavy (non-hydrogen) atoms. The Morgan fingerprint density at radius 2 is 1.56 bits per heavy atom. The van der Waals surface area contributed by atoms with Crippen LogP contribution in [-0.2, 0) is 14.4 Å². The molecule has 2 unspecified atom stereocenters. The molecule has 1 aromatic rings. The molecule has 0 bridgehead atoms. The van der Waals surface area contributed by atoms with Crippen molar-refractivity contribution in [3.05, 3.63) is 24.3 Å². The predicted octanol–water partition coefficient (Wildman–Crippen LogP) is 2.54. The van der Waals surface area contributed by atoms with Crippen LogP contribution in [0.1, 0.15) is 41.5 Å². The third kappa shape index (κ3) is 8.07. The zero-order valence-electron chi connectivity index (χ0n) is 15.6. The number of hydrogen-bond donors (Lipinski definition) is 3. The topological polar surface area (TPSA) is 87.3 Å². The van der Waals surface area contributed by atoms with Crippen molar-refractivity contribution < 1.29 is 14.4 Å². The molecule has 0 aromatic heterocycles. The van der Waals surface area contributed by atoms with Gasteiger partial charge in [0.1, 0.15) is 6.04 Å². The monoisotopic (exact) mass is 365 g/mol. The van der Waals surface area contributed by atoms with E-state index in [2.05, 4.69) is 16.0 Å². The Morgan fingerprint density at radius 3 is 2.04 bits per heavy atom. The van der Waals surface area contributed by atoms with Crippen molar-refractivity contribution in [3.63, 3.8) is 0 Å². The Labute approximate surface area is 153 Å². The number of amides is 3. The van der Waals surface area contributed by atoms with E-state index in [1.165, 1.54) is 18.7 Å². The summed E-state index contributed by atoms with van der Waals surface area (Å²) in [5, 5.41) is 7.91. The quantitative estimate of drug-likeness (QED) is 0.676. The molecule has 0 aliphatic carbocycles. The molecule has 1 aromatic carbocycles. The van der Waals surface area contributed by atoms with E-state index in [9.17, 15) is 14.4 Å². The first-order valence-corrected chi connectivity index (χ1v) is 9.02. The van der Waals surface area contributed by atoms with Crippen molar-refractivity contribution >= 4 is 35.2 Å². The van der Waals surface area contributed by atoms with Gasteiger partial charge in [-0.25, -0.2) is 0 Å². The molecule has 2 atom stereocenters. The molecule has 1 rings (SSSR count). The average molecular weight is 365 g/mol. The second kappa shape index (κ2) is 8.89. The van der Waals surface area contributed by atoms with Crippen LogP contribution in [-0.4, -0.2) is 34.6 Å². The lowest BCUT2D eigenvalue weighted by Crippen LogP contribution is -2.51. The van der Waals surface area contributed by atoms with Crippen molar-refractivity contribution in [1.82, 2.24) is 10.6 Å². The minimum Gasteiger partial charge on any atom is -0.350 e. The van der Waals surface area contributed by atoms with E-state index in [4.69, 9.17) is 0 Å². The van der Waals surface area contributed by atoms with E-state index in [1.54, 1.807) is 26.0 Å². The molecular formula is C18H27N3O3S. The first-order valence-electron chi connectivity index (χ1n) is 8.14. The highest BCUT2D eigenvalue weighted by Crippen LogP contribution is 2.24. The van der Waals surface area contributed by atoms with E-state index in [0.29, 0.717) is 5.69 Å². The van der Waals surface area contributed by atoms with Gasteiger partial charge in [-0.2, -0.15) is 0 Å². The lowest BCUT2D eigenvalue weighted by atomic mass is 10.1. The lowest BCUT2D eigenvalue weighted by molar-refractivity contribution is -0.129. The number of rotatable bonds is 6. The summed E-state index contributed by atoms with van der Waals surface area (Å²) in [5.41, 5.74) is 0.368. The van der Waals surface area contributed by atoms with Gasteiger partial charge in [0.15, 0.2) is 0 Å². The van der Waals surface area contributed by atoms with Gasteiger partial charge in [-0.1, -0.05) is 0 Å². The van der Waals surface area contributed by atoms with Crippen LogP contribution in [0, 0.1) is 0 Å². The SMILES string of the molecule is CC(=O)Nc1ccc(SC(C)C(=O)NC(C)C(=O)NC(C)(C)C)cc1. The number of carbonyl (C=O) groups excluding carboxylic acids is 3. The fraction of sp³-hybridized carbons (Fsp3) is 0.500. The fourth-order valence-electron chi connectivity index (χ4n) is 1.95. The Balaban J connectivity index is 2.56. The van der Waals surface area contributed by atoms with Gasteiger partial charge in [0, 0.05) is 23.0 Å². The smallest absolute Gasteiger partial charge is 0.242 e. The standard InChI is InChI=1S/C18H27N3O3S/c1-11(16(23)21-18(4,5)6)19-17(24)12(2)25-15-9-7-14(8-10-15)20-13(3)22/h7-12H,1-6H3,(H,19,24)(H,20,22)(H,21,23). The molecule has 0 saturated heterocycles. The third-order valence-corrected chi connectivity index (χ3v) is 4.22. The van der Waals surface area contributed by atoms with Crippen LogP contribution in [0.25, 0.3) is 0 Å². The molecule has 6 nitrogen and oxygen atoms in total. The number of nitrogens with one attached hydrogen (secondary N) is 3. The van der Waals surface area contributed by atoms with Crippen LogP contribution in [0.3, 0.4) is 0 Å². The highest BCUT2D eigenvalue weighted by atomic mass is 32.2. The number of hydrogen-bond acceptors (Lipinski definition) is 4. The van der Waals surface area contributed by atoms with Gasteiger partial charge in [0.2, 0.25) is 17.7 Å². The minimum absolute atomic E-state index is 0.129. The summed E-state index contributed by atoms with van der Waals surface area (Å²) in [6.45, 7) is 10.6. The normalized spacial score (nSPS) is 13.5. The van der Waals surface area contributed by atoms with Crippen molar-refractivity contribution in [1.29, 1.82) is 0 Å². The largest absolute Gasteiger partial charge is 0.350 e. The summed E-state index contributed by atoms with van der Waals surface area (Å²) in [6, 6.07) is 6.66. The number of anilines is 1. The van der Waals surface area contributed by atoms with E-state index < -0.39 is 6.04 Å². The summed E-state index contributed by atoms with van der Waals surface area (Å²) >= 11 is 1.39. The predicted molar refractivity (Wildman–Crippen MR) is 102 cm³/mol. The summed E-state index contributed by atoms with van der Waals surface area (Å²) in [6.07, 6.45) is 0. The maximum atomic E-state index is 12.3. The van der Waals surface area contributed by atoms with Gasteiger partial charge in [-0.3, -0.25) is 14.4 Å². The van der Waals surface area contributed by atoms with Gasteiger partial charge in [-0.15, -0.1) is 11.8 Å². The van der Waals surface area contributed by atoms with Gasteiger partial charge in [0.25, 0.3) is 0 Å². The van der Waals surface area contributed by atoms with Crippen LogP contribution >= 0.6 is 11.8 Å². The van der Waals surface area contributed by atoms with E-state index >= 15 is 0 Å². The van der Waals surface area contributed by atoms with Crippen LogP contribution < -0.4 is 16.0 Å². The van der Waals surface area contributed by atoms with E-state index in [0.717, 1.165) is 4.90 Å². The molecule has 0 fully saturated rings. The van der Waals surface area contributed by atoms with Gasteiger partial charge in [-0.05, 0) is 58.9 Å². The molecule has 3 N–H and O–H groups in total. The maximum absolute atomic E-state index is 12.3. The first-order chi connectivity index (χ1) is 11.5. The minimum atomic E-state index is -0.600. The summed E-state index contributed by atoms with van der Waals surface area (Å²) in [4.78, 5) is 36.2. The summed E-state index contributed by atoms with van der Waals surface area (Å²) < 4.78 is 0. The van der Waals surface area contributed by atoms with Crippen molar-refractivity contribution in [2.45, 2.75) is 63.3 Å². The molecule has 0 heterocycles. The first kappa shape index (κ1) is 21.0. The Kier molecular flexibility index (Phi) is 7.48. The third-order valence-electron chi connectivity index (χ3n) is 3.11. The molecule has 7 heteroatoms. The molecular weight excluding hydrogens is 338 g/mol. The number of carbonyl (C=O) groups is 3. The molecule has 3 amide bonds. The fourth-order valence-corrected chi connectivity index (χ4v) is 2.83. The van der Waals surface area contributed by atoms with Crippen molar-refractivity contribution in [2.75, 3.05) is 5.32 Å². The van der Waals surface area contributed by atoms with Crippen LogP contribution in [0.5, 0.6) is 0 Å². The van der Waals surface area contributed by atoms with E-state index in [1.807, 2.05) is 32.9 Å². The van der Waals surface area contributed by atoms with Crippen LogP contribution in [0.4, 0.5) is 5.69 Å². The Morgan fingerprint density at radius 1 is 1.00 bits per heavy atom. The van der Waals surface area contributed by atoms with Gasteiger partial charge in [0.05, 0.1) is 5.25 Å². The number of thioether (sulfide) groups is 1. The Bertz CT molecular complexity index is 623. The van der Waals surface area contributed by atoms with Crippen LogP contribution in [0.15, 0.2) is 29.2 Å². The zero-order chi connectivity index (χ0) is 19.2. The van der Waals surface area contributed by atoms with Gasteiger partial charge < -0.3 is 16.0 Å². The zero-order valence-corrected chi connectivity index (χ0v) is 16.4. The summed E-state index contributed by atoms with van der Waals surface area (Å²) in [5.74, 6) is -0.541. The number of benzene rings is 1. The van der Waals surface area contributed by atoms with Gasteiger partial charge >= 0.3 is 0 Å². The molecule has 0 aliphatic rings. The maximum Gasteiger partial charge on any atom is 0.242 e. The Hall–Kier alpha value is -2.02. The second-order valence-electron chi connectivity index (χ2n) is 6.94. The molecule has 138 valence electrons. The average Bonchev–Trinajstić information content (AvgIpc) is 2.46. The van der Waals surface area contributed by atoms with E-state index in [-0.39, 0.29) is 28.5 Å². The van der Waals surface area contributed by atoms with Crippen molar-refractivity contribution in [2.24, 2.45) is 0 Å². The highest BCUT2D eigenvalue weighted by molar-refractivity contribution is 8.00. The molecule has 0 aliphatic heterocycles.